The average Bonchev–Trinajstić information content (AvgIpc) is 2.88. The molecule has 6 heteroatoms. The van der Waals surface area contributed by atoms with E-state index in [-0.39, 0.29) is 5.91 Å². The van der Waals surface area contributed by atoms with Crippen molar-refractivity contribution in [2.24, 2.45) is 0 Å². The Hall–Kier alpha value is -3.93. The fourth-order valence-electron chi connectivity index (χ4n) is 4.13. The van der Waals surface area contributed by atoms with Gasteiger partial charge in [0.15, 0.2) is 5.82 Å². The first-order valence-corrected chi connectivity index (χ1v) is 10.7. The maximum Gasteiger partial charge on any atom is 0.257 e. The molecule has 2 heterocycles. The van der Waals surface area contributed by atoms with Crippen molar-refractivity contribution in [2.75, 3.05) is 38.2 Å². The second kappa shape index (κ2) is 8.67. The van der Waals surface area contributed by atoms with Crippen LogP contribution < -0.4 is 9.64 Å². The minimum Gasteiger partial charge on any atom is -0.496 e. The van der Waals surface area contributed by atoms with Crippen LogP contribution in [0.4, 0.5) is 5.82 Å². The summed E-state index contributed by atoms with van der Waals surface area (Å²) in [6, 6.07) is 26.0. The van der Waals surface area contributed by atoms with Crippen LogP contribution in [0.1, 0.15) is 10.4 Å². The van der Waals surface area contributed by atoms with E-state index >= 15 is 0 Å². The van der Waals surface area contributed by atoms with Crippen molar-refractivity contribution in [1.82, 2.24) is 15.1 Å². The molecule has 32 heavy (non-hydrogen) atoms. The summed E-state index contributed by atoms with van der Waals surface area (Å²) in [7, 11) is 1.59. The highest BCUT2D eigenvalue weighted by atomic mass is 16.5. The number of anilines is 1. The molecule has 5 rings (SSSR count). The van der Waals surface area contributed by atoms with E-state index in [0.717, 1.165) is 17.1 Å². The monoisotopic (exact) mass is 424 g/mol. The second-order valence-electron chi connectivity index (χ2n) is 7.82. The molecule has 0 bridgehead atoms. The summed E-state index contributed by atoms with van der Waals surface area (Å²) in [6.45, 7) is 2.69. The number of carbonyl (C=O) groups excluding carboxylic acids is 1. The molecule has 0 unspecified atom stereocenters. The van der Waals surface area contributed by atoms with Gasteiger partial charge in [-0.25, -0.2) is 0 Å². The molecule has 0 aliphatic carbocycles. The van der Waals surface area contributed by atoms with E-state index in [1.807, 2.05) is 53.4 Å². The summed E-state index contributed by atoms with van der Waals surface area (Å²) < 4.78 is 5.34. The SMILES string of the molecule is COc1ccccc1C(=O)N1CCN(c2ccc(-c3ccc4ccccc4c3)nn2)CC1. The van der Waals surface area contributed by atoms with E-state index in [1.54, 1.807) is 7.11 Å². The summed E-state index contributed by atoms with van der Waals surface area (Å²) in [4.78, 5) is 17.0. The Bertz CT molecular complexity index is 1250. The van der Waals surface area contributed by atoms with Crippen LogP contribution in [-0.2, 0) is 0 Å². The van der Waals surface area contributed by atoms with Crippen molar-refractivity contribution in [3.8, 4) is 17.0 Å². The number of para-hydroxylation sites is 1. The lowest BCUT2D eigenvalue weighted by molar-refractivity contribution is 0.0743. The van der Waals surface area contributed by atoms with Crippen LogP contribution in [0.3, 0.4) is 0 Å². The molecular formula is C26H24N4O2. The molecule has 1 amide bonds. The van der Waals surface area contributed by atoms with Gasteiger partial charge in [-0.05, 0) is 41.1 Å². The maximum atomic E-state index is 12.9. The molecule has 0 radical (unpaired) electrons. The zero-order valence-corrected chi connectivity index (χ0v) is 17.9. The Morgan fingerprint density at radius 3 is 2.31 bits per heavy atom. The largest absolute Gasteiger partial charge is 0.496 e. The Labute approximate surface area is 187 Å². The van der Waals surface area contributed by atoms with Crippen LogP contribution in [0.15, 0.2) is 78.9 Å². The molecule has 0 N–H and O–H groups in total. The molecular weight excluding hydrogens is 400 g/mol. The lowest BCUT2D eigenvalue weighted by Crippen LogP contribution is -2.49. The number of amides is 1. The quantitative estimate of drug-likeness (QED) is 0.490. The third kappa shape index (κ3) is 3.87. The van der Waals surface area contributed by atoms with Crippen molar-refractivity contribution in [3.63, 3.8) is 0 Å². The van der Waals surface area contributed by atoms with E-state index < -0.39 is 0 Å². The normalized spacial score (nSPS) is 13.9. The Kier molecular flexibility index (Phi) is 5.42. The molecule has 4 aromatic rings. The van der Waals surface area contributed by atoms with E-state index in [2.05, 4.69) is 45.4 Å². The Morgan fingerprint density at radius 1 is 0.812 bits per heavy atom. The van der Waals surface area contributed by atoms with Crippen molar-refractivity contribution in [2.45, 2.75) is 0 Å². The van der Waals surface area contributed by atoms with E-state index in [1.165, 1.54) is 10.8 Å². The zero-order chi connectivity index (χ0) is 21.9. The van der Waals surface area contributed by atoms with Gasteiger partial charge in [-0.3, -0.25) is 4.79 Å². The maximum absolute atomic E-state index is 12.9. The Balaban J connectivity index is 1.26. The summed E-state index contributed by atoms with van der Waals surface area (Å²) in [6.07, 6.45) is 0. The minimum absolute atomic E-state index is 0.000152. The topological polar surface area (TPSA) is 58.6 Å². The number of benzene rings is 3. The number of ether oxygens (including phenoxy) is 1. The molecule has 3 aromatic carbocycles. The van der Waals surface area contributed by atoms with Crippen LogP contribution in [0.25, 0.3) is 22.0 Å². The van der Waals surface area contributed by atoms with Gasteiger partial charge in [-0.2, -0.15) is 0 Å². The van der Waals surface area contributed by atoms with Crippen LogP contribution in [0.5, 0.6) is 5.75 Å². The third-order valence-corrected chi connectivity index (χ3v) is 5.92. The van der Waals surface area contributed by atoms with Gasteiger partial charge in [0.2, 0.25) is 0 Å². The molecule has 6 nitrogen and oxygen atoms in total. The van der Waals surface area contributed by atoms with Gasteiger partial charge in [0.25, 0.3) is 5.91 Å². The van der Waals surface area contributed by atoms with Crippen LogP contribution in [-0.4, -0.2) is 54.3 Å². The van der Waals surface area contributed by atoms with Gasteiger partial charge in [0.05, 0.1) is 18.4 Å². The summed E-state index contributed by atoms with van der Waals surface area (Å²) >= 11 is 0. The number of carbonyl (C=O) groups is 1. The summed E-state index contributed by atoms with van der Waals surface area (Å²) in [5, 5.41) is 11.3. The number of piperazine rings is 1. The average molecular weight is 425 g/mol. The summed E-state index contributed by atoms with van der Waals surface area (Å²) in [5.41, 5.74) is 2.50. The van der Waals surface area contributed by atoms with Gasteiger partial charge in [0, 0.05) is 31.7 Å². The predicted molar refractivity (Wildman–Crippen MR) is 126 cm³/mol. The number of methoxy groups -OCH3 is 1. The third-order valence-electron chi connectivity index (χ3n) is 5.92. The van der Waals surface area contributed by atoms with Crippen LogP contribution in [0.2, 0.25) is 0 Å². The van der Waals surface area contributed by atoms with Crippen molar-refractivity contribution < 1.29 is 9.53 Å². The lowest BCUT2D eigenvalue weighted by atomic mass is 10.1. The van der Waals surface area contributed by atoms with Crippen LogP contribution >= 0.6 is 0 Å². The smallest absolute Gasteiger partial charge is 0.257 e. The highest BCUT2D eigenvalue weighted by Gasteiger charge is 2.24. The summed E-state index contributed by atoms with van der Waals surface area (Å²) in [5.74, 6) is 1.44. The fourth-order valence-corrected chi connectivity index (χ4v) is 4.13. The molecule has 0 atom stereocenters. The lowest BCUT2D eigenvalue weighted by Gasteiger charge is -2.35. The molecule has 1 saturated heterocycles. The van der Waals surface area contributed by atoms with Crippen LogP contribution in [0, 0.1) is 0 Å². The van der Waals surface area contributed by atoms with E-state index in [4.69, 9.17) is 4.74 Å². The number of rotatable bonds is 4. The molecule has 0 saturated carbocycles. The predicted octanol–water partition coefficient (Wildman–Crippen LogP) is 4.27. The van der Waals surface area contributed by atoms with E-state index in [0.29, 0.717) is 37.5 Å². The fraction of sp³-hybridized carbons (Fsp3) is 0.192. The van der Waals surface area contributed by atoms with Crippen molar-refractivity contribution in [3.05, 3.63) is 84.4 Å². The number of hydrogen-bond donors (Lipinski definition) is 0. The number of fused-ring (bicyclic) bond motifs is 1. The first kappa shape index (κ1) is 20.0. The zero-order valence-electron chi connectivity index (χ0n) is 17.9. The van der Waals surface area contributed by atoms with Gasteiger partial charge in [0.1, 0.15) is 5.75 Å². The van der Waals surface area contributed by atoms with Gasteiger partial charge in [-0.15, -0.1) is 10.2 Å². The van der Waals surface area contributed by atoms with Gasteiger partial charge < -0.3 is 14.5 Å². The first-order chi connectivity index (χ1) is 15.7. The second-order valence-corrected chi connectivity index (χ2v) is 7.82. The number of nitrogens with zero attached hydrogens (tertiary/aromatic N) is 4. The standard InChI is InChI=1S/C26H24N4O2/c1-32-24-9-5-4-8-22(24)26(31)30-16-14-29(15-17-30)25-13-12-23(27-28-25)21-11-10-19-6-2-3-7-20(19)18-21/h2-13,18H,14-17H2,1H3. The van der Waals surface area contributed by atoms with Gasteiger partial charge >= 0.3 is 0 Å². The van der Waals surface area contributed by atoms with Gasteiger partial charge in [-0.1, -0.05) is 48.5 Å². The van der Waals surface area contributed by atoms with Crippen molar-refractivity contribution >= 4 is 22.5 Å². The molecule has 1 fully saturated rings. The van der Waals surface area contributed by atoms with Crippen molar-refractivity contribution in [1.29, 1.82) is 0 Å². The highest BCUT2D eigenvalue weighted by Crippen LogP contribution is 2.25. The Morgan fingerprint density at radius 2 is 1.56 bits per heavy atom. The molecule has 160 valence electrons. The molecule has 1 aliphatic rings. The number of hydrogen-bond acceptors (Lipinski definition) is 5. The number of aromatic nitrogens is 2. The highest BCUT2D eigenvalue weighted by molar-refractivity contribution is 5.97. The first-order valence-electron chi connectivity index (χ1n) is 10.7. The molecule has 0 spiro atoms. The molecule has 1 aliphatic heterocycles. The minimum atomic E-state index is -0.000152. The molecule has 1 aromatic heterocycles. The van der Waals surface area contributed by atoms with E-state index in [9.17, 15) is 4.79 Å².